The fourth-order valence-corrected chi connectivity index (χ4v) is 6.89. The molecule has 1 N–H and O–H groups in total. The van der Waals surface area contributed by atoms with Crippen molar-refractivity contribution in [3.63, 3.8) is 0 Å². The summed E-state index contributed by atoms with van der Waals surface area (Å²) in [5, 5.41) is 19.7. The van der Waals surface area contributed by atoms with Crippen LogP contribution in [0.2, 0.25) is 0 Å². The number of aromatic hydroxyl groups is 1. The molecule has 0 aromatic heterocycles. The monoisotopic (exact) mass is 337 g/mol. The lowest BCUT2D eigenvalue weighted by atomic mass is 9.53. The first-order valence-corrected chi connectivity index (χ1v) is 10.2. The van der Waals surface area contributed by atoms with Gasteiger partial charge in [0, 0.05) is 5.92 Å². The van der Waals surface area contributed by atoms with Crippen molar-refractivity contribution in [3.05, 3.63) is 28.8 Å². The number of phenolic OH excluding ortho intramolecular Hbond substituents is 1. The second-order valence-electron chi connectivity index (χ2n) is 9.09. The van der Waals surface area contributed by atoms with E-state index in [0.717, 1.165) is 30.2 Å². The molecule has 134 valence electrons. The molecule has 2 nitrogen and oxygen atoms in total. The van der Waals surface area contributed by atoms with Crippen LogP contribution in [-0.4, -0.2) is 5.11 Å². The summed E-state index contributed by atoms with van der Waals surface area (Å²) in [5.74, 6) is 3.48. The second-order valence-corrected chi connectivity index (χ2v) is 9.09. The Morgan fingerprint density at radius 1 is 1.28 bits per heavy atom. The number of aryl methyl sites for hydroxylation is 2. The van der Waals surface area contributed by atoms with Crippen molar-refractivity contribution < 1.29 is 5.11 Å². The van der Waals surface area contributed by atoms with Crippen LogP contribution in [0.1, 0.15) is 75.5 Å². The Hall–Kier alpha value is -1.49. The molecule has 6 atom stereocenters. The zero-order valence-corrected chi connectivity index (χ0v) is 15.9. The van der Waals surface area contributed by atoms with Crippen LogP contribution in [0.15, 0.2) is 12.1 Å². The van der Waals surface area contributed by atoms with Gasteiger partial charge in [-0.15, -0.1) is 0 Å². The smallest absolute Gasteiger partial charge is 0.119 e. The van der Waals surface area contributed by atoms with E-state index in [2.05, 4.69) is 32.9 Å². The maximum atomic E-state index is 10.2. The van der Waals surface area contributed by atoms with E-state index >= 15 is 0 Å². The summed E-state index contributed by atoms with van der Waals surface area (Å²) in [6.45, 7) is 6.75. The Balaban J connectivity index is 1.68. The first kappa shape index (κ1) is 17.0. The molecule has 3 aliphatic carbocycles. The molecule has 1 aromatic carbocycles. The van der Waals surface area contributed by atoms with Crippen LogP contribution in [-0.2, 0) is 12.8 Å². The summed E-state index contributed by atoms with van der Waals surface area (Å²) in [7, 11) is 0. The third-order valence-electron chi connectivity index (χ3n) is 8.19. The number of hydrogen-bond acceptors (Lipinski definition) is 2. The molecule has 0 spiro atoms. The minimum absolute atomic E-state index is 0.186. The Morgan fingerprint density at radius 2 is 2.08 bits per heavy atom. The SMILES string of the molecule is CCc1cc2c(cc1O)CC[C@@H]1[C@@H]2CC[C@]2(C)[C@@H](C(C)C#N)CC[C@@H]12. The van der Waals surface area contributed by atoms with Crippen molar-refractivity contribution in [2.45, 2.75) is 71.6 Å². The van der Waals surface area contributed by atoms with Gasteiger partial charge in [0.25, 0.3) is 0 Å². The van der Waals surface area contributed by atoms with E-state index in [9.17, 15) is 10.4 Å². The highest BCUT2D eigenvalue weighted by atomic mass is 16.3. The van der Waals surface area contributed by atoms with Gasteiger partial charge in [0.05, 0.1) is 6.07 Å². The largest absolute Gasteiger partial charge is 0.508 e. The normalized spacial score (nSPS) is 37.5. The molecule has 1 unspecified atom stereocenters. The first-order valence-electron chi connectivity index (χ1n) is 10.2. The summed E-state index contributed by atoms with van der Waals surface area (Å²) in [6.07, 6.45) is 8.34. The Morgan fingerprint density at radius 3 is 2.80 bits per heavy atom. The van der Waals surface area contributed by atoms with Crippen molar-refractivity contribution in [1.82, 2.24) is 0 Å². The summed E-state index contributed by atoms with van der Waals surface area (Å²) >= 11 is 0. The lowest BCUT2D eigenvalue weighted by Crippen LogP contribution is -2.43. The highest BCUT2D eigenvalue weighted by Crippen LogP contribution is 2.64. The highest BCUT2D eigenvalue weighted by molar-refractivity contribution is 5.45. The van der Waals surface area contributed by atoms with E-state index in [-0.39, 0.29) is 5.92 Å². The van der Waals surface area contributed by atoms with E-state index in [0.29, 0.717) is 23.0 Å². The maximum absolute atomic E-state index is 10.2. The van der Waals surface area contributed by atoms with Crippen molar-refractivity contribution in [1.29, 1.82) is 5.26 Å². The zero-order valence-electron chi connectivity index (χ0n) is 15.9. The number of benzene rings is 1. The zero-order chi connectivity index (χ0) is 17.8. The number of nitriles is 1. The van der Waals surface area contributed by atoms with Gasteiger partial charge in [-0.25, -0.2) is 0 Å². The molecule has 0 amide bonds. The molecule has 0 saturated heterocycles. The fraction of sp³-hybridized carbons (Fsp3) is 0.696. The predicted octanol–water partition coefficient (Wildman–Crippen LogP) is 5.59. The van der Waals surface area contributed by atoms with Crippen molar-refractivity contribution >= 4 is 0 Å². The van der Waals surface area contributed by atoms with Gasteiger partial charge in [0.1, 0.15) is 5.75 Å². The van der Waals surface area contributed by atoms with Gasteiger partial charge < -0.3 is 5.11 Å². The minimum atomic E-state index is 0.186. The minimum Gasteiger partial charge on any atom is -0.508 e. The Bertz CT molecular complexity index is 718. The standard InChI is InChI=1S/C23H31NO/c1-4-15-11-19-16(12-22(15)25)5-6-18-17(19)9-10-23(3)20(14(2)13-24)7-8-21(18)23/h11-12,14,17-18,20-21,25H,4-10H2,1-3H3/t14?,17-,18+,20+,21-,23+/m0/s1. The molecular weight excluding hydrogens is 306 g/mol. The predicted molar refractivity (Wildman–Crippen MR) is 100 cm³/mol. The van der Waals surface area contributed by atoms with Gasteiger partial charge in [-0.2, -0.15) is 5.26 Å². The van der Waals surface area contributed by atoms with Crippen LogP contribution < -0.4 is 0 Å². The number of hydrogen-bond donors (Lipinski definition) is 1. The van der Waals surface area contributed by atoms with Crippen LogP contribution in [0.5, 0.6) is 5.75 Å². The van der Waals surface area contributed by atoms with Gasteiger partial charge in [-0.05, 0) is 104 Å². The lowest BCUT2D eigenvalue weighted by Gasteiger charge is -2.51. The summed E-state index contributed by atoms with van der Waals surface area (Å²) in [5.41, 5.74) is 4.39. The van der Waals surface area contributed by atoms with E-state index in [1.54, 1.807) is 0 Å². The lowest BCUT2D eigenvalue weighted by molar-refractivity contribution is 0.0187. The summed E-state index contributed by atoms with van der Waals surface area (Å²) < 4.78 is 0. The number of rotatable bonds is 2. The van der Waals surface area contributed by atoms with Crippen LogP contribution in [0.3, 0.4) is 0 Å². The molecule has 2 heteroatoms. The molecule has 0 radical (unpaired) electrons. The van der Waals surface area contributed by atoms with E-state index in [4.69, 9.17) is 0 Å². The van der Waals surface area contributed by atoms with Crippen molar-refractivity contribution in [3.8, 4) is 11.8 Å². The first-order chi connectivity index (χ1) is 12.0. The van der Waals surface area contributed by atoms with Crippen LogP contribution in [0, 0.1) is 40.4 Å². The summed E-state index contributed by atoms with van der Waals surface area (Å²) in [6, 6.07) is 6.91. The average Bonchev–Trinajstić information content (AvgIpc) is 2.97. The van der Waals surface area contributed by atoms with Gasteiger partial charge in [-0.1, -0.05) is 19.9 Å². The molecule has 25 heavy (non-hydrogen) atoms. The quantitative estimate of drug-likeness (QED) is 0.765. The Kier molecular flexibility index (Phi) is 4.10. The van der Waals surface area contributed by atoms with Crippen molar-refractivity contribution in [2.75, 3.05) is 0 Å². The van der Waals surface area contributed by atoms with Crippen LogP contribution in [0.25, 0.3) is 0 Å². The highest BCUT2D eigenvalue weighted by Gasteiger charge is 2.55. The molecule has 3 aliphatic rings. The fourth-order valence-electron chi connectivity index (χ4n) is 6.89. The van der Waals surface area contributed by atoms with Gasteiger partial charge >= 0.3 is 0 Å². The topological polar surface area (TPSA) is 44.0 Å². The molecule has 2 saturated carbocycles. The van der Waals surface area contributed by atoms with Crippen molar-refractivity contribution in [2.24, 2.45) is 29.1 Å². The average molecular weight is 338 g/mol. The molecule has 0 bridgehead atoms. The van der Waals surface area contributed by atoms with E-state index in [1.807, 2.05) is 6.07 Å². The second kappa shape index (κ2) is 6.04. The number of fused-ring (bicyclic) bond motifs is 5. The molecule has 2 fully saturated rings. The Labute approximate surface area is 152 Å². The number of phenols is 1. The third kappa shape index (κ3) is 2.42. The van der Waals surface area contributed by atoms with Crippen LogP contribution >= 0.6 is 0 Å². The molecule has 4 rings (SSSR count). The molecule has 0 heterocycles. The number of nitrogens with zero attached hydrogens (tertiary/aromatic N) is 1. The summed E-state index contributed by atoms with van der Waals surface area (Å²) in [4.78, 5) is 0. The third-order valence-corrected chi connectivity index (χ3v) is 8.19. The maximum Gasteiger partial charge on any atom is 0.119 e. The van der Waals surface area contributed by atoms with E-state index < -0.39 is 0 Å². The van der Waals surface area contributed by atoms with E-state index in [1.165, 1.54) is 43.2 Å². The molecule has 1 aromatic rings. The molecular formula is C23H31NO. The van der Waals surface area contributed by atoms with Gasteiger partial charge in [0.15, 0.2) is 0 Å². The van der Waals surface area contributed by atoms with Gasteiger partial charge in [0.2, 0.25) is 0 Å². The molecule has 0 aliphatic heterocycles. The van der Waals surface area contributed by atoms with Gasteiger partial charge in [-0.3, -0.25) is 0 Å². The van der Waals surface area contributed by atoms with Crippen LogP contribution in [0.4, 0.5) is 0 Å².